The Balaban J connectivity index is 2.24. The standard InChI is InChI=1S/C12H12F3N3/c1-18-3-2-17-11(18)6-10(16)7-4-8(13)12(15)9(14)5-7/h2-5,10H,6,16H2,1H3. The van der Waals surface area contributed by atoms with Crippen molar-refractivity contribution in [2.45, 2.75) is 12.5 Å². The Morgan fingerprint density at radius 3 is 2.39 bits per heavy atom. The van der Waals surface area contributed by atoms with E-state index >= 15 is 0 Å². The van der Waals surface area contributed by atoms with Crippen molar-refractivity contribution in [2.24, 2.45) is 12.8 Å². The highest BCUT2D eigenvalue weighted by Crippen LogP contribution is 2.20. The van der Waals surface area contributed by atoms with E-state index in [4.69, 9.17) is 5.73 Å². The van der Waals surface area contributed by atoms with Gasteiger partial charge in [0.1, 0.15) is 5.82 Å². The smallest absolute Gasteiger partial charge is 0.194 e. The Kier molecular flexibility index (Phi) is 3.38. The first-order chi connectivity index (χ1) is 8.49. The third kappa shape index (κ3) is 2.38. The fourth-order valence-corrected chi connectivity index (χ4v) is 1.70. The van der Waals surface area contributed by atoms with Crippen molar-refractivity contribution in [3.63, 3.8) is 0 Å². The molecular weight excluding hydrogens is 243 g/mol. The number of hydrogen-bond acceptors (Lipinski definition) is 2. The quantitative estimate of drug-likeness (QED) is 0.853. The maximum atomic E-state index is 13.1. The minimum atomic E-state index is -1.48. The third-order valence-electron chi connectivity index (χ3n) is 2.76. The van der Waals surface area contributed by atoms with Gasteiger partial charge >= 0.3 is 0 Å². The van der Waals surface area contributed by atoms with Crippen LogP contribution in [0.25, 0.3) is 0 Å². The molecule has 0 bridgehead atoms. The van der Waals surface area contributed by atoms with Gasteiger partial charge in [-0.05, 0) is 17.7 Å². The Labute approximate surface area is 102 Å². The van der Waals surface area contributed by atoms with E-state index in [1.807, 2.05) is 0 Å². The SMILES string of the molecule is Cn1ccnc1CC(N)c1cc(F)c(F)c(F)c1. The molecule has 0 spiro atoms. The molecule has 1 aromatic heterocycles. The summed E-state index contributed by atoms with van der Waals surface area (Å²) in [6.45, 7) is 0. The highest BCUT2D eigenvalue weighted by atomic mass is 19.2. The minimum absolute atomic E-state index is 0.203. The molecule has 6 heteroatoms. The van der Waals surface area contributed by atoms with Crippen molar-refractivity contribution >= 4 is 0 Å². The van der Waals surface area contributed by atoms with Gasteiger partial charge in [-0.15, -0.1) is 0 Å². The van der Waals surface area contributed by atoms with Gasteiger partial charge in [0, 0.05) is 31.9 Å². The minimum Gasteiger partial charge on any atom is -0.338 e. The summed E-state index contributed by atoms with van der Waals surface area (Å²) in [5.74, 6) is -3.27. The third-order valence-corrected chi connectivity index (χ3v) is 2.76. The van der Waals surface area contributed by atoms with E-state index in [2.05, 4.69) is 4.98 Å². The van der Waals surface area contributed by atoms with Crippen LogP contribution >= 0.6 is 0 Å². The molecule has 2 rings (SSSR count). The number of nitrogens with zero attached hydrogens (tertiary/aromatic N) is 2. The van der Waals surface area contributed by atoms with Crippen molar-refractivity contribution < 1.29 is 13.2 Å². The molecule has 0 aliphatic heterocycles. The molecule has 96 valence electrons. The van der Waals surface area contributed by atoms with E-state index in [9.17, 15) is 13.2 Å². The van der Waals surface area contributed by atoms with Crippen LogP contribution in [0, 0.1) is 17.5 Å². The Bertz CT molecular complexity index is 542. The molecule has 0 aliphatic rings. The summed E-state index contributed by atoms with van der Waals surface area (Å²) in [6, 6.07) is 1.17. The average Bonchev–Trinajstić information content (AvgIpc) is 2.71. The molecule has 2 N–H and O–H groups in total. The van der Waals surface area contributed by atoms with Gasteiger partial charge in [0.25, 0.3) is 0 Å². The topological polar surface area (TPSA) is 43.8 Å². The van der Waals surface area contributed by atoms with Crippen LogP contribution in [0.2, 0.25) is 0 Å². The molecule has 0 saturated carbocycles. The van der Waals surface area contributed by atoms with Gasteiger partial charge in [0.05, 0.1) is 0 Å². The second kappa shape index (κ2) is 4.81. The highest BCUT2D eigenvalue weighted by molar-refractivity contribution is 5.23. The van der Waals surface area contributed by atoms with Crippen LogP contribution in [0.15, 0.2) is 24.5 Å². The first-order valence-corrected chi connectivity index (χ1v) is 5.35. The average molecular weight is 255 g/mol. The highest BCUT2D eigenvalue weighted by Gasteiger charge is 2.16. The number of halogens is 3. The Hall–Kier alpha value is -1.82. The first-order valence-electron chi connectivity index (χ1n) is 5.35. The number of rotatable bonds is 3. The number of nitrogens with two attached hydrogens (primary N) is 1. The molecule has 0 saturated heterocycles. The number of aryl methyl sites for hydroxylation is 1. The van der Waals surface area contributed by atoms with Gasteiger partial charge in [0.2, 0.25) is 0 Å². The molecule has 1 unspecified atom stereocenters. The molecular formula is C12H12F3N3. The van der Waals surface area contributed by atoms with E-state index in [0.29, 0.717) is 12.2 Å². The number of benzene rings is 1. The Morgan fingerprint density at radius 2 is 1.89 bits per heavy atom. The van der Waals surface area contributed by atoms with Gasteiger partial charge in [-0.2, -0.15) is 0 Å². The van der Waals surface area contributed by atoms with Crippen molar-refractivity contribution in [3.05, 3.63) is 53.4 Å². The lowest BCUT2D eigenvalue weighted by atomic mass is 10.0. The predicted octanol–water partition coefficient (Wildman–Crippen LogP) is 2.08. The van der Waals surface area contributed by atoms with Crippen LogP contribution in [-0.2, 0) is 13.5 Å². The molecule has 2 aromatic rings. The molecule has 1 atom stereocenters. The largest absolute Gasteiger partial charge is 0.338 e. The van der Waals surface area contributed by atoms with Crippen molar-refractivity contribution in [3.8, 4) is 0 Å². The monoisotopic (exact) mass is 255 g/mol. The molecule has 3 nitrogen and oxygen atoms in total. The summed E-state index contributed by atoms with van der Waals surface area (Å²) in [5, 5.41) is 0. The van der Waals surface area contributed by atoms with Gasteiger partial charge in [-0.1, -0.05) is 0 Å². The van der Waals surface area contributed by atoms with E-state index in [0.717, 1.165) is 12.1 Å². The first kappa shape index (κ1) is 12.6. The number of aromatic nitrogens is 2. The molecule has 1 heterocycles. The van der Waals surface area contributed by atoms with Crippen molar-refractivity contribution in [1.82, 2.24) is 9.55 Å². The maximum absolute atomic E-state index is 13.1. The van der Waals surface area contributed by atoms with Crippen LogP contribution in [-0.4, -0.2) is 9.55 Å². The lowest BCUT2D eigenvalue weighted by molar-refractivity contribution is 0.443. The molecule has 18 heavy (non-hydrogen) atoms. The summed E-state index contributed by atoms with van der Waals surface area (Å²) in [6.07, 6.45) is 3.66. The summed E-state index contributed by atoms with van der Waals surface area (Å²) in [7, 11) is 1.79. The normalized spacial score (nSPS) is 12.7. The van der Waals surface area contributed by atoms with Gasteiger partial charge < -0.3 is 10.3 Å². The molecule has 0 fully saturated rings. The lowest BCUT2D eigenvalue weighted by Gasteiger charge is -2.12. The summed E-state index contributed by atoms with van der Waals surface area (Å²) in [4.78, 5) is 4.07. The van der Waals surface area contributed by atoms with Crippen LogP contribution in [0.4, 0.5) is 13.2 Å². The fourth-order valence-electron chi connectivity index (χ4n) is 1.70. The van der Waals surface area contributed by atoms with Gasteiger partial charge in [0.15, 0.2) is 17.5 Å². The van der Waals surface area contributed by atoms with E-state index < -0.39 is 23.5 Å². The molecule has 1 aromatic carbocycles. The number of hydrogen-bond donors (Lipinski definition) is 1. The zero-order chi connectivity index (χ0) is 13.3. The maximum Gasteiger partial charge on any atom is 0.194 e. The van der Waals surface area contributed by atoms with Crippen molar-refractivity contribution in [1.29, 1.82) is 0 Å². The summed E-state index contributed by atoms with van der Waals surface area (Å²) < 4.78 is 40.7. The van der Waals surface area contributed by atoms with E-state index in [1.54, 1.807) is 24.0 Å². The summed E-state index contributed by atoms with van der Waals surface area (Å²) in [5.41, 5.74) is 6.04. The molecule has 0 amide bonds. The zero-order valence-corrected chi connectivity index (χ0v) is 9.70. The summed E-state index contributed by atoms with van der Waals surface area (Å²) >= 11 is 0. The van der Waals surface area contributed by atoms with Gasteiger partial charge in [-0.3, -0.25) is 0 Å². The zero-order valence-electron chi connectivity index (χ0n) is 9.70. The second-order valence-electron chi connectivity index (χ2n) is 4.06. The van der Waals surface area contributed by atoms with Gasteiger partial charge in [-0.25, -0.2) is 18.2 Å². The van der Waals surface area contributed by atoms with Crippen LogP contribution in [0.3, 0.4) is 0 Å². The molecule has 0 radical (unpaired) electrons. The number of imidazole rings is 1. The fraction of sp³-hybridized carbons (Fsp3) is 0.250. The van der Waals surface area contributed by atoms with E-state index in [-0.39, 0.29) is 5.56 Å². The molecule has 0 aliphatic carbocycles. The predicted molar refractivity (Wildman–Crippen MR) is 60.2 cm³/mol. The van der Waals surface area contributed by atoms with Crippen LogP contribution < -0.4 is 5.73 Å². The van der Waals surface area contributed by atoms with Crippen molar-refractivity contribution in [2.75, 3.05) is 0 Å². The van der Waals surface area contributed by atoms with E-state index in [1.165, 1.54) is 0 Å². The lowest BCUT2D eigenvalue weighted by Crippen LogP contribution is -2.16. The second-order valence-corrected chi connectivity index (χ2v) is 4.06. The van der Waals surface area contributed by atoms with Crippen LogP contribution in [0.5, 0.6) is 0 Å². The Morgan fingerprint density at radius 1 is 1.28 bits per heavy atom. The van der Waals surface area contributed by atoms with Crippen LogP contribution in [0.1, 0.15) is 17.4 Å².